The van der Waals surface area contributed by atoms with E-state index in [2.05, 4.69) is 24.4 Å². The molecule has 2 aromatic carbocycles. The third kappa shape index (κ3) is 22.3. The molecule has 1 fully saturated rings. The number of hydrogen-bond acceptors (Lipinski definition) is 11. The normalized spacial score (nSPS) is 19.6. The van der Waals surface area contributed by atoms with Crippen LogP contribution >= 0.6 is 0 Å². The standard InChI is InChI=1S/C44H67NO12S.Na.H/c1-2-3-4-5-6-7-8-9-13-22-29-36(54-38(47)30-23-14-11-10-12-17-24-34-25-18-15-19-26-34)43(49)45-40-42(56-39(48)32-31-35-27-20-16-21-28-35)41(57-58(51,52)53)37(33-46)55-44(40)50;;/h15-16,18-21,25-28,36-37,40-42,44,46,50H,2-14,17,22-24,29-33H2,1H3,(H,45,49)(H,51,52,53);;/q;+1;-1/t36?,37-,40-,41-,42-,44?;;/m1../s1. The van der Waals surface area contributed by atoms with Gasteiger partial charge in [-0.1, -0.05) is 151 Å². The van der Waals surface area contributed by atoms with E-state index in [1.165, 1.54) is 37.7 Å². The van der Waals surface area contributed by atoms with Gasteiger partial charge in [-0.3, -0.25) is 18.9 Å². The van der Waals surface area contributed by atoms with Crippen LogP contribution in [0.25, 0.3) is 0 Å². The molecule has 0 spiro atoms. The van der Waals surface area contributed by atoms with Crippen LogP contribution in [-0.4, -0.2) is 84.4 Å². The Morgan fingerprint density at radius 1 is 0.729 bits per heavy atom. The first-order valence-electron chi connectivity index (χ1n) is 21.4. The molecular formula is C44H68NNaO12S. The maximum atomic E-state index is 13.9. The Bertz CT molecular complexity index is 1560. The van der Waals surface area contributed by atoms with Gasteiger partial charge in [0.25, 0.3) is 5.91 Å². The summed E-state index contributed by atoms with van der Waals surface area (Å²) < 4.78 is 54.9. The number of amides is 1. The molecule has 1 aliphatic rings. The molecule has 59 heavy (non-hydrogen) atoms. The molecule has 15 heteroatoms. The molecule has 328 valence electrons. The maximum absolute atomic E-state index is 13.9. The van der Waals surface area contributed by atoms with Crippen molar-refractivity contribution >= 4 is 28.2 Å². The second-order valence-electron chi connectivity index (χ2n) is 15.3. The summed E-state index contributed by atoms with van der Waals surface area (Å²) in [6, 6.07) is 17.8. The van der Waals surface area contributed by atoms with E-state index in [1.54, 1.807) is 12.1 Å². The SMILES string of the molecule is CCCCCCCCCCCCC(OC(=O)CCCCCCCCc1ccccc1)C(=O)N[C@H]1C(O)O[C@H](CO)[C@@H](OS(=O)(=O)O)[C@@H]1OC(=O)CCc1ccccc1.[H-].[Na+]. The summed E-state index contributed by atoms with van der Waals surface area (Å²) in [5.74, 6) is -2.19. The quantitative estimate of drug-likeness (QED) is 0.0379. The van der Waals surface area contributed by atoms with Gasteiger partial charge < -0.3 is 31.2 Å². The molecule has 1 aliphatic heterocycles. The number of rotatable bonds is 30. The Balaban J connectivity index is 0.00000900. The molecule has 2 aromatic rings. The number of ether oxygens (including phenoxy) is 3. The average molecular weight is 858 g/mol. The molecule has 2 unspecified atom stereocenters. The van der Waals surface area contributed by atoms with Gasteiger partial charge in [0.15, 0.2) is 18.5 Å². The van der Waals surface area contributed by atoms with Gasteiger partial charge in [0, 0.05) is 12.8 Å². The molecule has 1 amide bonds. The van der Waals surface area contributed by atoms with Crippen LogP contribution in [0, 0.1) is 0 Å². The predicted molar refractivity (Wildman–Crippen MR) is 221 cm³/mol. The van der Waals surface area contributed by atoms with E-state index in [4.69, 9.17) is 18.4 Å². The Morgan fingerprint density at radius 2 is 1.25 bits per heavy atom. The summed E-state index contributed by atoms with van der Waals surface area (Å²) in [5.41, 5.74) is 2.15. The Kier molecular flexibility index (Phi) is 27.4. The molecule has 0 bridgehead atoms. The number of aliphatic hydroxyl groups excluding tert-OH is 2. The van der Waals surface area contributed by atoms with Gasteiger partial charge in [-0.25, -0.2) is 4.18 Å². The number of aryl methyl sites for hydroxylation is 2. The third-order valence-corrected chi connectivity index (χ3v) is 10.9. The molecule has 0 radical (unpaired) electrons. The van der Waals surface area contributed by atoms with Crippen LogP contribution in [0.5, 0.6) is 0 Å². The average Bonchev–Trinajstić information content (AvgIpc) is 3.20. The van der Waals surface area contributed by atoms with Crippen LogP contribution in [0.4, 0.5) is 0 Å². The van der Waals surface area contributed by atoms with Crippen molar-refractivity contribution in [1.29, 1.82) is 0 Å². The van der Waals surface area contributed by atoms with Gasteiger partial charge in [-0.15, -0.1) is 0 Å². The number of unbranched alkanes of at least 4 members (excludes halogenated alkanes) is 14. The van der Waals surface area contributed by atoms with Crippen molar-refractivity contribution in [2.45, 2.75) is 179 Å². The second kappa shape index (κ2) is 30.6. The summed E-state index contributed by atoms with van der Waals surface area (Å²) in [6.45, 7) is 1.30. The fourth-order valence-corrected chi connectivity index (χ4v) is 7.72. The Hall–Kier alpha value is -2.40. The number of benzene rings is 2. The van der Waals surface area contributed by atoms with Crippen molar-refractivity contribution in [3.8, 4) is 0 Å². The van der Waals surface area contributed by atoms with Crippen molar-refractivity contribution in [3.05, 3.63) is 71.8 Å². The van der Waals surface area contributed by atoms with Gasteiger partial charge in [-0.05, 0) is 49.7 Å². The topological polar surface area (TPSA) is 195 Å². The van der Waals surface area contributed by atoms with E-state index >= 15 is 0 Å². The van der Waals surface area contributed by atoms with Crippen molar-refractivity contribution in [3.63, 3.8) is 0 Å². The van der Waals surface area contributed by atoms with Crippen LogP contribution in [0.15, 0.2) is 60.7 Å². The first kappa shape index (κ1) is 52.7. The van der Waals surface area contributed by atoms with E-state index in [-0.39, 0.29) is 56.7 Å². The summed E-state index contributed by atoms with van der Waals surface area (Å²) in [6.07, 6.45) is 9.35. The Labute approximate surface area is 375 Å². The smallest absolute Gasteiger partial charge is 1.00 e. The van der Waals surface area contributed by atoms with Crippen LogP contribution in [0.3, 0.4) is 0 Å². The van der Waals surface area contributed by atoms with E-state index in [9.17, 15) is 37.6 Å². The van der Waals surface area contributed by atoms with Crippen LogP contribution in [0.1, 0.15) is 141 Å². The van der Waals surface area contributed by atoms with Gasteiger partial charge >= 0.3 is 51.9 Å². The summed E-state index contributed by atoms with van der Waals surface area (Å²) in [4.78, 5) is 40.1. The van der Waals surface area contributed by atoms with Crippen molar-refractivity contribution in [2.24, 2.45) is 0 Å². The van der Waals surface area contributed by atoms with E-state index in [0.717, 1.165) is 69.8 Å². The fourth-order valence-electron chi connectivity index (χ4n) is 7.20. The molecule has 6 atom stereocenters. The minimum absolute atomic E-state index is 0. The van der Waals surface area contributed by atoms with E-state index < -0.39 is 71.6 Å². The summed E-state index contributed by atoms with van der Waals surface area (Å²) in [7, 11) is -5.20. The Morgan fingerprint density at radius 3 is 1.81 bits per heavy atom. The number of carbonyl (C=O) groups is 3. The van der Waals surface area contributed by atoms with E-state index in [0.29, 0.717) is 12.8 Å². The van der Waals surface area contributed by atoms with E-state index in [1.807, 2.05) is 36.4 Å². The zero-order chi connectivity index (χ0) is 42.0. The molecule has 1 saturated heterocycles. The third-order valence-electron chi connectivity index (χ3n) is 10.4. The molecule has 0 aliphatic carbocycles. The largest absolute Gasteiger partial charge is 1.00 e. The predicted octanol–water partition coefficient (Wildman–Crippen LogP) is 4.23. The number of carbonyl (C=O) groups excluding carboxylic acids is 3. The van der Waals surface area contributed by atoms with Gasteiger partial charge in [0.1, 0.15) is 18.2 Å². The summed E-state index contributed by atoms with van der Waals surface area (Å²) in [5, 5.41) is 23.5. The van der Waals surface area contributed by atoms with Crippen LogP contribution in [-0.2, 0) is 56.0 Å². The molecule has 13 nitrogen and oxygen atoms in total. The minimum atomic E-state index is -5.20. The first-order chi connectivity index (χ1) is 28.0. The van der Waals surface area contributed by atoms with Crippen molar-refractivity contribution in [2.75, 3.05) is 6.61 Å². The van der Waals surface area contributed by atoms with Crippen LogP contribution < -0.4 is 34.9 Å². The van der Waals surface area contributed by atoms with Crippen molar-refractivity contribution in [1.82, 2.24) is 5.32 Å². The first-order valence-corrected chi connectivity index (χ1v) is 22.7. The number of hydrogen-bond donors (Lipinski definition) is 4. The number of nitrogens with one attached hydrogen (secondary N) is 1. The van der Waals surface area contributed by atoms with Gasteiger partial charge in [0.2, 0.25) is 0 Å². The fraction of sp³-hybridized carbons (Fsp3) is 0.659. The maximum Gasteiger partial charge on any atom is 1.00 e. The minimum Gasteiger partial charge on any atom is -1.00 e. The molecule has 3 rings (SSSR count). The molecule has 0 saturated carbocycles. The number of aliphatic hydroxyl groups is 2. The molecule has 4 N–H and O–H groups in total. The summed E-state index contributed by atoms with van der Waals surface area (Å²) >= 11 is 0. The van der Waals surface area contributed by atoms with Gasteiger partial charge in [-0.2, -0.15) is 8.42 Å². The molecular weight excluding hydrogens is 790 g/mol. The van der Waals surface area contributed by atoms with Gasteiger partial charge in [0.05, 0.1) is 6.61 Å². The monoisotopic (exact) mass is 857 g/mol. The molecule has 0 aromatic heterocycles. The second-order valence-corrected chi connectivity index (χ2v) is 16.3. The zero-order valence-electron chi connectivity index (χ0n) is 36.2. The number of esters is 2. The molecule has 1 heterocycles. The van der Waals surface area contributed by atoms with Crippen LogP contribution in [0.2, 0.25) is 0 Å². The van der Waals surface area contributed by atoms with Crippen molar-refractivity contribution < 1.29 is 86.9 Å². The zero-order valence-corrected chi connectivity index (χ0v) is 38.0.